The lowest BCUT2D eigenvalue weighted by atomic mass is 9.79. The van der Waals surface area contributed by atoms with E-state index in [1.807, 2.05) is 24.3 Å². The number of carbonyl (C=O) groups is 2. The minimum atomic E-state index is -0.699. The van der Waals surface area contributed by atoms with Crippen molar-refractivity contribution in [3.05, 3.63) is 90.0 Å². The van der Waals surface area contributed by atoms with Gasteiger partial charge < -0.3 is 9.80 Å². The summed E-state index contributed by atoms with van der Waals surface area (Å²) in [4.78, 5) is 33.8. The van der Waals surface area contributed by atoms with Crippen LogP contribution in [0.15, 0.2) is 72.9 Å². The van der Waals surface area contributed by atoms with Crippen molar-refractivity contribution < 1.29 is 14.0 Å². The standard InChI is InChI=1S/C26H26FN3O2/c1-29(2)25(32)26(13-15-30(18-26)24(31)23-8-3-4-14-28-23)17-19-6-5-7-21(16-19)20-9-11-22(27)12-10-20/h3-12,14,16H,13,15,17-18H2,1-2H3. The van der Waals surface area contributed by atoms with Crippen LogP contribution in [0.3, 0.4) is 0 Å². The molecule has 2 heterocycles. The Balaban J connectivity index is 1.61. The van der Waals surface area contributed by atoms with Crippen LogP contribution in [0.25, 0.3) is 11.1 Å². The molecule has 1 unspecified atom stereocenters. The molecule has 0 saturated carbocycles. The Hall–Kier alpha value is -3.54. The number of benzene rings is 2. The van der Waals surface area contributed by atoms with Gasteiger partial charge >= 0.3 is 0 Å². The maximum atomic E-state index is 13.3. The first-order valence-corrected chi connectivity index (χ1v) is 10.6. The largest absolute Gasteiger partial charge is 0.348 e. The first kappa shape index (κ1) is 21.7. The van der Waals surface area contributed by atoms with Gasteiger partial charge in [-0.3, -0.25) is 14.6 Å². The lowest BCUT2D eigenvalue weighted by Crippen LogP contribution is -2.44. The van der Waals surface area contributed by atoms with Gasteiger partial charge in [-0.05, 0) is 53.8 Å². The van der Waals surface area contributed by atoms with E-state index in [0.29, 0.717) is 31.6 Å². The van der Waals surface area contributed by atoms with Crippen molar-refractivity contribution in [1.82, 2.24) is 14.8 Å². The molecule has 0 radical (unpaired) electrons. The molecule has 0 N–H and O–H groups in total. The van der Waals surface area contributed by atoms with E-state index in [1.165, 1.54) is 12.1 Å². The second kappa shape index (κ2) is 8.91. The third-order valence-electron chi connectivity index (χ3n) is 6.03. The van der Waals surface area contributed by atoms with Gasteiger partial charge in [0.1, 0.15) is 11.5 Å². The number of aromatic nitrogens is 1. The molecule has 164 valence electrons. The van der Waals surface area contributed by atoms with Crippen molar-refractivity contribution >= 4 is 11.8 Å². The summed E-state index contributed by atoms with van der Waals surface area (Å²) >= 11 is 0. The quantitative estimate of drug-likeness (QED) is 0.612. The average Bonchev–Trinajstić information content (AvgIpc) is 3.24. The maximum absolute atomic E-state index is 13.3. The molecule has 0 aliphatic carbocycles. The first-order valence-electron chi connectivity index (χ1n) is 10.6. The fourth-order valence-electron chi connectivity index (χ4n) is 4.46. The molecule has 1 aromatic heterocycles. The highest BCUT2D eigenvalue weighted by Gasteiger charge is 2.47. The highest BCUT2D eigenvalue weighted by Crippen LogP contribution is 2.37. The van der Waals surface area contributed by atoms with Gasteiger partial charge in [-0.1, -0.05) is 42.5 Å². The summed E-state index contributed by atoms with van der Waals surface area (Å²) in [5.41, 5.74) is 2.58. The van der Waals surface area contributed by atoms with Crippen LogP contribution in [0.1, 0.15) is 22.5 Å². The summed E-state index contributed by atoms with van der Waals surface area (Å²) in [6, 6.07) is 19.6. The van der Waals surface area contributed by atoms with E-state index in [1.54, 1.807) is 60.4 Å². The van der Waals surface area contributed by atoms with Gasteiger partial charge in [0.2, 0.25) is 5.91 Å². The highest BCUT2D eigenvalue weighted by molar-refractivity contribution is 5.93. The van der Waals surface area contributed by atoms with Gasteiger partial charge in [-0.2, -0.15) is 0 Å². The first-order chi connectivity index (χ1) is 15.4. The number of pyridine rings is 1. The average molecular weight is 432 g/mol. The van der Waals surface area contributed by atoms with Crippen LogP contribution < -0.4 is 0 Å². The Bertz CT molecular complexity index is 1120. The van der Waals surface area contributed by atoms with Crippen molar-refractivity contribution in [2.24, 2.45) is 5.41 Å². The smallest absolute Gasteiger partial charge is 0.272 e. The summed E-state index contributed by atoms with van der Waals surface area (Å²) in [6.45, 7) is 0.854. The Morgan fingerprint density at radius 1 is 1.03 bits per heavy atom. The third kappa shape index (κ3) is 4.40. The second-order valence-corrected chi connectivity index (χ2v) is 8.56. The van der Waals surface area contributed by atoms with Crippen molar-refractivity contribution in [2.75, 3.05) is 27.2 Å². The third-order valence-corrected chi connectivity index (χ3v) is 6.03. The lowest BCUT2D eigenvalue weighted by Gasteiger charge is -2.31. The van der Waals surface area contributed by atoms with Gasteiger partial charge in [0, 0.05) is 33.4 Å². The molecular formula is C26H26FN3O2. The maximum Gasteiger partial charge on any atom is 0.272 e. The van der Waals surface area contributed by atoms with E-state index in [9.17, 15) is 14.0 Å². The molecule has 0 spiro atoms. The number of rotatable bonds is 5. The Kier molecular flexibility index (Phi) is 6.04. The normalized spacial score (nSPS) is 17.9. The molecule has 1 saturated heterocycles. The highest BCUT2D eigenvalue weighted by atomic mass is 19.1. The van der Waals surface area contributed by atoms with Gasteiger partial charge in [0.05, 0.1) is 5.41 Å². The zero-order valence-electron chi connectivity index (χ0n) is 18.3. The van der Waals surface area contributed by atoms with E-state index >= 15 is 0 Å². The predicted molar refractivity (Wildman–Crippen MR) is 121 cm³/mol. The molecule has 32 heavy (non-hydrogen) atoms. The molecule has 1 fully saturated rings. The summed E-state index contributed by atoms with van der Waals surface area (Å²) in [6.07, 6.45) is 2.71. The lowest BCUT2D eigenvalue weighted by molar-refractivity contribution is -0.138. The van der Waals surface area contributed by atoms with Gasteiger partial charge in [-0.25, -0.2) is 4.39 Å². The molecule has 2 aromatic carbocycles. The molecule has 1 atom stereocenters. The Morgan fingerprint density at radius 3 is 2.50 bits per heavy atom. The van der Waals surface area contributed by atoms with Crippen LogP contribution in [-0.2, 0) is 11.2 Å². The van der Waals surface area contributed by atoms with Gasteiger partial charge in [0.15, 0.2) is 0 Å². The molecule has 0 bridgehead atoms. The van der Waals surface area contributed by atoms with Crippen LogP contribution >= 0.6 is 0 Å². The fraction of sp³-hybridized carbons (Fsp3) is 0.269. The van der Waals surface area contributed by atoms with Crippen LogP contribution in [0.2, 0.25) is 0 Å². The molecular weight excluding hydrogens is 405 g/mol. The van der Waals surface area contributed by atoms with Crippen LogP contribution in [-0.4, -0.2) is 53.8 Å². The number of hydrogen-bond donors (Lipinski definition) is 0. The number of halogens is 1. The van der Waals surface area contributed by atoms with Gasteiger partial charge in [-0.15, -0.1) is 0 Å². The van der Waals surface area contributed by atoms with Crippen molar-refractivity contribution in [3.8, 4) is 11.1 Å². The van der Waals surface area contributed by atoms with Crippen molar-refractivity contribution in [1.29, 1.82) is 0 Å². The number of amides is 2. The molecule has 3 aromatic rings. The number of likely N-dealkylation sites (tertiary alicyclic amines) is 1. The number of nitrogens with zero attached hydrogens (tertiary/aromatic N) is 3. The van der Waals surface area contributed by atoms with Crippen molar-refractivity contribution in [3.63, 3.8) is 0 Å². The van der Waals surface area contributed by atoms with Gasteiger partial charge in [0.25, 0.3) is 5.91 Å². The predicted octanol–water partition coefficient (Wildman–Crippen LogP) is 4.05. The molecule has 4 rings (SSSR count). The monoisotopic (exact) mass is 431 g/mol. The summed E-state index contributed by atoms with van der Waals surface area (Å²) in [7, 11) is 3.50. The zero-order chi connectivity index (χ0) is 22.7. The molecule has 5 nitrogen and oxygen atoms in total. The van der Waals surface area contributed by atoms with Crippen molar-refractivity contribution in [2.45, 2.75) is 12.8 Å². The Morgan fingerprint density at radius 2 is 1.81 bits per heavy atom. The molecule has 1 aliphatic heterocycles. The van der Waals surface area contributed by atoms with E-state index in [2.05, 4.69) is 4.98 Å². The topological polar surface area (TPSA) is 53.5 Å². The molecule has 2 amide bonds. The molecule has 6 heteroatoms. The van der Waals surface area contributed by atoms with Crippen LogP contribution in [0, 0.1) is 11.2 Å². The number of hydrogen-bond acceptors (Lipinski definition) is 3. The zero-order valence-corrected chi connectivity index (χ0v) is 18.3. The second-order valence-electron chi connectivity index (χ2n) is 8.56. The Labute approximate surface area is 187 Å². The van der Waals surface area contributed by atoms with E-state index in [-0.39, 0.29) is 17.6 Å². The fourth-order valence-corrected chi connectivity index (χ4v) is 4.46. The van der Waals surface area contributed by atoms with Crippen LogP contribution in [0.5, 0.6) is 0 Å². The molecule has 1 aliphatic rings. The minimum absolute atomic E-state index is 0.0148. The summed E-state index contributed by atoms with van der Waals surface area (Å²) < 4.78 is 13.3. The summed E-state index contributed by atoms with van der Waals surface area (Å²) in [5, 5.41) is 0. The van der Waals surface area contributed by atoms with E-state index in [0.717, 1.165) is 16.7 Å². The van der Waals surface area contributed by atoms with E-state index in [4.69, 9.17) is 0 Å². The SMILES string of the molecule is CN(C)C(=O)C1(Cc2cccc(-c3ccc(F)cc3)c2)CCN(C(=O)c2ccccn2)C1. The number of carbonyl (C=O) groups excluding carboxylic acids is 2. The van der Waals surface area contributed by atoms with Crippen LogP contribution in [0.4, 0.5) is 4.39 Å². The van der Waals surface area contributed by atoms with E-state index < -0.39 is 5.41 Å². The minimum Gasteiger partial charge on any atom is -0.348 e. The summed E-state index contributed by atoms with van der Waals surface area (Å²) in [5.74, 6) is -0.413.